The quantitative estimate of drug-likeness (QED) is 0.492. The Bertz CT molecular complexity index is 1340. The minimum atomic E-state index is -4.64. The Balaban J connectivity index is 1.72. The molecule has 1 aromatic carbocycles. The van der Waals surface area contributed by atoms with Crippen LogP contribution in [0.4, 0.5) is 19.0 Å². The molecule has 0 radical (unpaired) electrons. The molecule has 0 atom stereocenters. The van der Waals surface area contributed by atoms with E-state index in [0.717, 1.165) is 6.07 Å². The zero-order chi connectivity index (χ0) is 22.9. The van der Waals surface area contributed by atoms with Crippen molar-refractivity contribution in [2.45, 2.75) is 12.8 Å². The minimum Gasteiger partial charge on any atom is -0.488 e. The van der Waals surface area contributed by atoms with E-state index in [2.05, 4.69) is 20.3 Å². The third-order valence-corrected chi connectivity index (χ3v) is 4.87. The zero-order valence-electron chi connectivity index (χ0n) is 17.1. The van der Waals surface area contributed by atoms with Crippen LogP contribution in [0.25, 0.3) is 22.3 Å². The first kappa shape index (κ1) is 21.1. The molecule has 162 valence electrons. The van der Waals surface area contributed by atoms with Crippen molar-refractivity contribution < 1.29 is 17.9 Å². The summed E-state index contributed by atoms with van der Waals surface area (Å²) in [4.78, 5) is 12.4. The van der Waals surface area contributed by atoms with Gasteiger partial charge in [0.05, 0.1) is 23.1 Å². The monoisotopic (exact) mass is 438 g/mol. The van der Waals surface area contributed by atoms with E-state index >= 15 is 0 Å². The van der Waals surface area contributed by atoms with E-state index in [4.69, 9.17) is 4.74 Å². The van der Waals surface area contributed by atoms with Gasteiger partial charge in [-0.05, 0) is 42.0 Å². The predicted octanol–water partition coefficient (Wildman–Crippen LogP) is 4.54. The van der Waals surface area contributed by atoms with Crippen molar-refractivity contribution in [2.24, 2.45) is 7.05 Å². The van der Waals surface area contributed by atoms with Gasteiger partial charge in [0.1, 0.15) is 29.8 Å². The Morgan fingerprint density at radius 3 is 2.69 bits per heavy atom. The van der Waals surface area contributed by atoms with Crippen LogP contribution in [-0.2, 0) is 19.8 Å². The highest BCUT2D eigenvalue weighted by molar-refractivity contribution is 5.84. The van der Waals surface area contributed by atoms with Gasteiger partial charge in [0.2, 0.25) is 0 Å². The standard InChI is InChI=1S/C22H17F3N6O/c1-27-20-7-13(5-6-28-20)11-32-19-4-3-14(8-15(19)22(23,24)25)16-9-18-21(17(10-26)30-16)29-12-31(18)2/h3-9,12H,11H2,1-2H3,(H,27,28). The van der Waals surface area contributed by atoms with Gasteiger partial charge in [0.15, 0.2) is 5.69 Å². The summed E-state index contributed by atoms with van der Waals surface area (Å²) in [5, 5.41) is 12.3. The van der Waals surface area contributed by atoms with E-state index < -0.39 is 11.7 Å². The zero-order valence-corrected chi connectivity index (χ0v) is 17.1. The van der Waals surface area contributed by atoms with Crippen molar-refractivity contribution in [2.75, 3.05) is 12.4 Å². The molecule has 0 fully saturated rings. The van der Waals surface area contributed by atoms with Gasteiger partial charge in [-0.2, -0.15) is 18.4 Å². The molecule has 4 rings (SSSR count). The lowest BCUT2D eigenvalue weighted by Crippen LogP contribution is -2.09. The maximum absolute atomic E-state index is 13.8. The normalized spacial score (nSPS) is 11.4. The van der Waals surface area contributed by atoms with E-state index in [0.29, 0.717) is 22.4 Å². The van der Waals surface area contributed by atoms with E-state index in [1.807, 2.05) is 6.07 Å². The molecular weight excluding hydrogens is 421 g/mol. The molecule has 3 aromatic heterocycles. The third-order valence-electron chi connectivity index (χ3n) is 4.87. The Kier molecular flexibility index (Phi) is 5.40. The number of nitriles is 1. The van der Waals surface area contributed by atoms with Crippen molar-refractivity contribution in [3.63, 3.8) is 0 Å². The van der Waals surface area contributed by atoms with E-state index in [1.54, 1.807) is 43.1 Å². The van der Waals surface area contributed by atoms with Crippen LogP contribution in [0.3, 0.4) is 0 Å². The second-order valence-corrected chi connectivity index (χ2v) is 6.99. The van der Waals surface area contributed by atoms with Crippen molar-refractivity contribution in [1.29, 1.82) is 5.26 Å². The molecule has 4 aromatic rings. The van der Waals surface area contributed by atoms with Crippen LogP contribution in [0, 0.1) is 11.3 Å². The summed E-state index contributed by atoms with van der Waals surface area (Å²) in [7, 11) is 3.43. The number of nitrogens with one attached hydrogen (secondary N) is 1. The maximum atomic E-state index is 13.8. The Morgan fingerprint density at radius 1 is 1.16 bits per heavy atom. The Hall–Kier alpha value is -4.13. The summed E-state index contributed by atoms with van der Waals surface area (Å²) in [6.07, 6.45) is -1.58. The summed E-state index contributed by atoms with van der Waals surface area (Å²) < 4.78 is 48.6. The fraction of sp³-hybridized carbons (Fsp3) is 0.182. The lowest BCUT2D eigenvalue weighted by Gasteiger charge is -2.16. The highest BCUT2D eigenvalue weighted by Gasteiger charge is 2.35. The minimum absolute atomic E-state index is 0.0463. The van der Waals surface area contributed by atoms with Crippen molar-refractivity contribution in [3.05, 3.63) is 65.7 Å². The number of benzene rings is 1. The molecule has 0 unspecified atom stereocenters. The molecule has 0 aliphatic carbocycles. The number of aromatic nitrogens is 4. The Labute approximate surface area is 181 Å². The van der Waals surface area contributed by atoms with Crippen molar-refractivity contribution in [1.82, 2.24) is 19.5 Å². The van der Waals surface area contributed by atoms with E-state index in [9.17, 15) is 18.4 Å². The molecule has 0 saturated carbocycles. The van der Waals surface area contributed by atoms with Crippen LogP contribution in [0.5, 0.6) is 5.75 Å². The van der Waals surface area contributed by atoms with Crippen LogP contribution >= 0.6 is 0 Å². The molecule has 1 N–H and O–H groups in total. The van der Waals surface area contributed by atoms with Gasteiger partial charge in [-0.1, -0.05) is 0 Å². The van der Waals surface area contributed by atoms with E-state index in [-0.39, 0.29) is 29.3 Å². The summed E-state index contributed by atoms with van der Waals surface area (Å²) >= 11 is 0. The molecule has 32 heavy (non-hydrogen) atoms. The lowest BCUT2D eigenvalue weighted by molar-refractivity contribution is -0.139. The fourth-order valence-corrected chi connectivity index (χ4v) is 3.25. The number of ether oxygens (including phenoxy) is 1. The third kappa shape index (κ3) is 4.05. The molecule has 0 amide bonds. The second kappa shape index (κ2) is 8.19. The summed E-state index contributed by atoms with van der Waals surface area (Å²) in [6.45, 7) is -0.0581. The molecular formula is C22H17F3N6O. The molecule has 0 aliphatic heterocycles. The van der Waals surface area contributed by atoms with Gasteiger partial charge >= 0.3 is 6.18 Å². The second-order valence-electron chi connectivity index (χ2n) is 6.99. The first-order valence-electron chi connectivity index (χ1n) is 9.49. The van der Waals surface area contributed by atoms with Gasteiger partial charge in [-0.25, -0.2) is 15.0 Å². The number of hydrogen-bond donors (Lipinski definition) is 1. The maximum Gasteiger partial charge on any atom is 0.419 e. The molecule has 0 spiro atoms. The number of hydrogen-bond acceptors (Lipinski definition) is 6. The number of imidazole rings is 1. The fourth-order valence-electron chi connectivity index (χ4n) is 3.25. The number of anilines is 1. The van der Waals surface area contributed by atoms with Crippen LogP contribution in [-0.4, -0.2) is 26.6 Å². The molecule has 0 bridgehead atoms. The van der Waals surface area contributed by atoms with Crippen molar-refractivity contribution in [3.8, 4) is 23.1 Å². The number of nitrogens with zero attached hydrogens (tertiary/aromatic N) is 5. The molecule has 0 saturated heterocycles. The largest absolute Gasteiger partial charge is 0.488 e. The molecule has 7 nitrogen and oxygen atoms in total. The van der Waals surface area contributed by atoms with Crippen LogP contribution in [0.15, 0.2) is 48.9 Å². The van der Waals surface area contributed by atoms with Crippen molar-refractivity contribution >= 4 is 16.9 Å². The smallest absolute Gasteiger partial charge is 0.419 e. The number of fused-ring (bicyclic) bond motifs is 1. The average molecular weight is 438 g/mol. The molecule has 10 heteroatoms. The summed E-state index contributed by atoms with van der Waals surface area (Å²) in [6, 6.07) is 10.6. The van der Waals surface area contributed by atoms with Crippen LogP contribution < -0.4 is 10.1 Å². The number of pyridine rings is 2. The van der Waals surface area contributed by atoms with Crippen LogP contribution in [0.2, 0.25) is 0 Å². The van der Waals surface area contributed by atoms with Gasteiger partial charge in [0.25, 0.3) is 0 Å². The molecule has 3 heterocycles. The lowest BCUT2D eigenvalue weighted by atomic mass is 10.0. The number of aryl methyl sites for hydroxylation is 1. The van der Waals surface area contributed by atoms with Gasteiger partial charge < -0.3 is 14.6 Å². The average Bonchev–Trinajstić information content (AvgIpc) is 3.17. The number of rotatable bonds is 5. The topological polar surface area (TPSA) is 88.6 Å². The summed E-state index contributed by atoms with van der Waals surface area (Å²) in [5.41, 5.74) is 1.23. The number of alkyl halides is 3. The highest BCUT2D eigenvalue weighted by atomic mass is 19.4. The van der Waals surface area contributed by atoms with Gasteiger partial charge in [-0.3, -0.25) is 0 Å². The van der Waals surface area contributed by atoms with Gasteiger partial charge in [-0.15, -0.1) is 0 Å². The van der Waals surface area contributed by atoms with Crippen LogP contribution in [0.1, 0.15) is 16.8 Å². The Morgan fingerprint density at radius 2 is 1.97 bits per heavy atom. The highest BCUT2D eigenvalue weighted by Crippen LogP contribution is 2.39. The van der Waals surface area contributed by atoms with Gasteiger partial charge in [0, 0.05) is 25.9 Å². The predicted molar refractivity (Wildman–Crippen MR) is 112 cm³/mol. The number of halogens is 3. The molecule has 0 aliphatic rings. The van der Waals surface area contributed by atoms with E-state index in [1.165, 1.54) is 18.5 Å². The first-order valence-corrected chi connectivity index (χ1v) is 9.49. The SMILES string of the molecule is CNc1cc(COc2ccc(-c3cc4c(ncn4C)c(C#N)n3)cc2C(F)(F)F)ccn1. The first-order chi connectivity index (χ1) is 15.3. The summed E-state index contributed by atoms with van der Waals surface area (Å²) in [5.74, 6) is 0.286.